The zero-order valence-electron chi connectivity index (χ0n) is 12.8. The van der Waals surface area contributed by atoms with Gasteiger partial charge in [-0.2, -0.15) is 0 Å². The van der Waals surface area contributed by atoms with Crippen molar-refractivity contribution in [3.63, 3.8) is 0 Å². The van der Waals surface area contributed by atoms with Crippen LogP contribution >= 0.6 is 0 Å². The van der Waals surface area contributed by atoms with E-state index in [-0.39, 0.29) is 5.60 Å². The Morgan fingerprint density at radius 2 is 1.79 bits per heavy atom. The van der Waals surface area contributed by atoms with Gasteiger partial charge in [-0.1, -0.05) is 39.0 Å². The minimum atomic E-state index is -0.0152. The topological polar surface area (TPSA) is 47.3 Å². The van der Waals surface area contributed by atoms with Crippen molar-refractivity contribution >= 4 is 0 Å². The molecule has 3 nitrogen and oxygen atoms in total. The van der Waals surface area contributed by atoms with Crippen LogP contribution in [0.3, 0.4) is 0 Å². The van der Waals surface area contributed by atoms with Crippen LogP contribution in [-0.2, 0) is 4.74 Å². The summed E-state index contributed by atoms with van der Waals surface area (Å²) in [5, 5.41) is 0. The molecule has 0 bridgehead atoms. The van der Waals surface area contributed by atoms with E-state index in [1.807, 2.05) is 7.11 Å². The highest BCUT2D eigenvalue weighted by Gasteiger charge is 2.41. The highest BCUT2D eigenvalue weighted by molar-refractivity contribution is 4.96. The standard InChI is InChI=1S/C16H32N2O/c1-13-8-10-16(19-2,11-9-13)15(18-17)12-14-6-4-3-5-7-14/h13-15,18H,3-12,17H2,1-2H3. The number of rotatable bonds is 5. The van der Waals surface area contributed by atoms with E-state index in [2.05, 4.69) is 12.3 Å². The summed E-state index contributed by atoms with van der Waals surface area (Å²) in [7, 11) is 1.88. The van der Waals surface area contributed by atoms with Crippen molar-refractivity contribution in [1.82, 2.24) is 5.43 Å². The first-order valence-electron chi connectivity index (χ1n) is 8.21. The fraction of sp³-hybridized carbons (Fsp3) is 1.00. The van der Waals surface area contributed by atoms with Gasteiger partial charge in [0.15, 0.2) is 0 Å². The SMILES string of the molecule is COC1(C(CC2CCCCC2)NN)CCC(C)CC1. The number of methoxy groups -OCH3 is 1. The molecule has 0 spiro atoms. The molecule has 2 aliphatic carbocycles. The largest absolute Gasteiger partial charge is 0.377 e. The molecular formula is C16H32N2O. The molecule has 3 heteroatoms. The third-order valence-electron chi connectivity index (χ3n) is 5.66. The highest BCUT2D eigenvalue weighted by Crippen LogP contribution is 2.40. The molecule has 0 aromatic rings. The summed E-state index contributed by atoms with van der Waals surface area (Å²) in [4.78, 5) is 0. The average molecular weight is 268 g/mol. The number of hydrogen-bond acceptors (Lipinski definition) is 3. The molecule has 19 heavy (non-hydrogen) atoms. The van der Waals surface area contributed by atoms with Crippen LogP contribution < -0.4 is 11.3 Å². The number of hydrogen-bond donors (Lipinski definition) is 2. The van der Waals surface area contributed by atoms with Crippen molar-refractivity contribution in [1.29, 1.82) is 0 Å². The lowest BCUT2D eigenvalue weighted by atomic mass is 9.72. The van der Waals surface area contributed by atoms with Crippen LogP contribution in [0, 0.1) is 11.8 Å². The summed E-state index contributed by atoms with van der Waals surface area (Å²) in [5.41, 5.74) is 3.09. The van der Waals surface area contributed by atoms with Crippen LogP contribution in [0.25, 0.3) is 0 Å². The predicted molar refractivity (Wildman–Crippen MR) is 79.7 cm³/mol. The van der Waals surface area contributed by atoms with E-state index in [1.165, 1.54) is 51.4 Å². The molecule has 2 aliphatic rings. The van der Waals surface area contributed by atoms with Crippen molar-refractivity contribution < 1.29 is 4.74 Å². The normalized spacial score (nSPS) is 35.2. The molecule has 0 saturated heterocycles. The number of nitrogens with two attached hydrogens (primary N) is 1. The lowest BCUT2D eigenvalue weighted by Gasteiger charge is -2.45. The number of hydrazine groups is 1. The first-order chi connectivity index (χ1) is 9.20. The third kappa shape index (κ3) is 3.71. The third-order valence-corrected chi connectivity index (χ3v) is 5.66. The average Bonchev–Trinajstić information content (AvgIpc) is 2.47. The number of ether oxygens (including phenoxy) is 1. The molecule has 1 unspecified atom stereocenters. The highest BCUT2D eigenvalue weighted by atomic mass is 16.5. The van der Waals surface area contributed by atoms with Gasteiger partial charge in [0, 0.05) is 7.11 Å². The summed E-state index contributed by atoms with van der Waals surface area (Å²) < 4.78 is 5.98. The van der Waals surface area contributed by atoms with Crippen molar-refractivity contribution in [3.05, 3.63) is 0 Å². The zero-order chi connectivity index (χ0) is 13.7. The molecule has 0 aromatic carbocycles. The van der Waals surface area contributed by atoms with E-state index in [9.17, 15) is 0 Å². The molecule has 1 atom stereocenters. The first-order valence-corrected chi connectivity index (χ1v) is 8.21. The van der Waals surface area contributed by atoms with Crippen LogP contribution in [0.5, 0.6) is 0 Å². The fourth-order valence-corrected chi connectivity index (χ4v) is 4.14. The molecule has 0 heterocycles. The lowest BCUT2D eigenvalue weighted by molar-refractivity contribution is -0.0804. The van der Waals surface area contributed by atoms with Crippen molar-refractivity contribution in [2.75, 3.05) is 7.11 Å². The molecule has 2 fully saturated rings. The van der Waals surface area contributed by atoms with E-state index < -0.39 is 0 Å². The van der Waals surface area contributed by atoms with E-state index in [1.54, 1.807) is 0 Å². The van der Waals surface area contributed by atoms with Gasteiger partial charge in [0.2, 0.25) is 0 Å². The predicted octanol–water partition coefficient (Wildman–Crippen LogP) is 3.38. The van der Waals surface area contributed by atoms with Gasteiger partial charge in [0.25, 0.3) is 0 Å². The summed E-state index contributed by atoms with van der Waals surface area (Å²) in [5.74, 6) is 7.58. The second-order valence-corrected chi connectivity index (χ2v) is 6.91. The lowest BCUT2D eigenvalue weighted by Crippen LogP contribution is -2.56. The molecule has 2 rings (SSSR count). The molecule has 0 aliphatic heterocycles. The zero-order valence-corrected chi connectivity index (χ0v) is 12.8. The molecule has 0 aromatic heterocycles. The van der Waals surface area contributed by atoms with Gasteiger partial charge < -0.3 is 4.74 Å². The maximum absolute atomic E-state index is 5.98. The second kappa shape index (κ2) is 7.05. The molecule has 0 radical (unpaired) electrons. The van der Waals surface area contributed by atoms with Crippen LogP contribution in [-0.4, -0.2) is 18.8 Å². The maximum atomic E-state index is 5.98. The molecule has 112 valence electrons. The summed E-state index contributed by atoms with van der Waals surface area (Å²) in [6.07, 6.45) is 13.1. The van der Waals surface area contributed by atoms with Crippen LogP contribution in [0.4, 0.5) is 0 Å². The molecular weight excluding hydrogens is 236 g/mol. The van der Waals surface area contributed by atoms with Crippen LogP contribution in [0.1, 0.15) is 71.1 Å². The summed E-state index contributed by atoms with van der Waals surface area (Å²) in [6, 6.07) is 0.327. The van der Waals surface area contributed by atoms with Gasteiger partial charge in [0.1, 0.15) is 0 Å². The quantitative estimate of drug-likeness (QED) is 0.593. The Labute approximate surface area is 118 Å². The smallest absolute Gasteiger partial charge is 0.0844 e. The monoisotopic (exact) mass is 268 g/mol. The van der Waals surface area contributed by atoms with Gasteiger partial charge >= 0.3 is 0 Å². The maximum Gasteiger partial charge on any atom is 0.0844 e. The molecule has 2 saturated carbocycles. The Balaban J connectivity index is 1.97. The van der Waals surface area contributed by atoms with Gasteiger partial charge in [0.05, 0.1) is 11.6 Å². The van der Waals surface area contributed by atoms with Crippen LogP contribution in [0.15, 0.2) is 0 Å². The van der Waals surface area contributed by atoms with Gasteiger partial charge in [-0.15, -0.1) is 0 Å². The Morgan fingerprint density at radius 3 is 2.32 bits per heavy atom. The summed E-state index contributed by atoms with van der Waals surface area (Å²) >= 11 is 0. The van der Waals surface area contributed by atoms with Crippen molar-refractivity contribution in [2.45, 2.75) is 82.8 Å². The van der Waals surface area contributed by atoms with Crippen molar-refractivity contribution in [2.24, 2.45) is 17.7 Å². The fourth-order valence-electron chi connectivity index (χ4n) is 4.14. The minimum Gasteiger partial charge on any atom is -0.377 e. The first kappa shape index (κ1) is 15.3. The van der Waals surface area contributed by atoms with Gasteiger partial charge in [-0.3, -0.25) is 11.3 Å². The Hall–Kier alpha value is -0.120. The van der Waals surface area contributed by atoms with Gasteiger partial charge in [-0.05, 0) is 43.9 Å². The summed E-state index contributed by atoms with van der Waals surface area (Å²) in [6.45, 7) is 2.35. The van der Waals surface area contributed by atoms with Crippen molar-refractivity contribution in [3.8, 4) is 0 Å². The van der Waals surface area contributed by atoms with Crippen LogP contribution in [0.2, 0.25) is 0 Å². The minimum absolute atomic E-state index is 0.0152. The van der Waals surface area contributed by atoms with E-state index in [4.69, 9.17) is 10.6 Å². The Morgan fingerprint density at radius 1 is 1.16 bits per heavy atom. The Kier molecular flexibility index (Phi) is 5.67. The number of nitrogens with one attached hydrogen (secondary N) is 1. The molecule has 0 amide bonds. The van der Waals surface area contributed by atoms with E-state index >= 15 is 0 Å². The second-order valence-electron chi connectivity index (χ2n) is 6.91. The Bertz CT molecular complexity index is 255. The van der Waals surface area contributed by atoms with Gasteiger partial charge in [-0.25, -0.2) is 0 Å². The molecule has 3 N–H and O–H groups in total. The van der Waals surface area contributed by atoms with E-state index in [0.717, 1.165) is 24.7 Å². The van der Waals surface area contributed by atoms with E-state index in [0.29, 0.717) is 6.04 Å².